The van der Waals surface area contributed by atoms with E-state index in [4.69, 9.17) is 9.47 Å². The Morgan fingerprint density at radius 1 is 1.04 bits per heavy atom. The first-order chi connectivity index (χ1) is 13.2. The van der Waals surface area contributed by atoms with Gasteiger partial charge in [0.05, 0.1) is 16.3 Å². The van der Waals surface area contributed by atoms with Gasteiger partial charge >= 0.3 is 11.9 Å². The molecule has 0 amide bonds. The summed E-state index contributed by atoms with van der Waals surface area (Å²) in [6, 6.07) is 6.18. The van der Waals surface area contributed by atoms with Crippen LogP contribution in [0.2, 0.25) is 0 Å². The van der Waals surface area contributed by atoms with Gasteiger partial charge in [-0.1, -0.05) is 32.0 Å². The number of esters is 2. The number of benzene rings is 1. The average Bonchev–Trinajstić information content (AvgIpc) is 2.61. The number of nitro groups is 1. The third-order valence-corrected chi connectivity index (χ3v) is 4.52. The van der Waals surface area contributed by atoms with Crippen molar-refractivity contribution in [3.63, 3.8) is 0 Å². The van der Waals surface area contributed by atoms with E-state index in [1.54, 1.807) is 25.2 Å². The maximum absolute atomic E-state index is 11.8. The molecule has 8 nitrogen and oxygen atoms in total. The maximum atomic E-state index is 11.8. The summed E-state index contributed by atoms with van der Waals surface area (Å²) in [4.78, 5) is 36.6. The fourth-order valence-electron chi connectivity index (χ4n) is 3.49. The molecule has 0 N–H and O–H groups in total. The molecule has 2 rings (SSSR count). The highest BCUT2D eigenvalue weighted by molar-refractivity contribution is 5.70. The average molecular weight is 388 g/mol. The van der Waals surface area contributed by atoms with E-state index in [2.05, 4.69) is 0 Å². The number of carbonyl (C=O) groups excluding carboxylic acids is 2. The zero-order valence-corrected chi connectivity index (χ0v) is 16.6. The lowest BCUT2D eigenvalue weighted by Gasteiger charge is -2.37. The molecule has 1 heterocycles. The van der Waals surface area contributed by atoms with Crippen LogP contribution in [0.15, 0.2) is 47.2 Å². The van der Waals surface area contributed by atoms with Crippen molar-refractivity contribution in [2.24, 2.45) is 0 Å². The van der Waals surface area contributed by atoms with Crippen LogP contribution in [0, 0.1) is 10.1 Å². The van der Waals surface area contributed by atoms with Gasteiger partial charge in [0, 0.05) is 32.5 Å². The molecule has 0 saturated heterocycles. The Bertz CT molecular complexity index is 829. The second kappa shape index (κ2) is 8.69. The lowest BCUT2D eigenvalue weighted by atomic mass is 9.87. The highest BCUT2D eigenvalue weighted by Crippen LogP contribution is 2.46. The third-order valence-electron chi connectivity index (χ3n) is 4.52. The first kappa shape index (κ1) is 21.1. The van der Waals surface area contributed by atoms with Gasteiger partial charge in [0.15, 0.2) is 0 Å². The standard InChI is InChI=1S/C20H24N2O6/c1-6-15-19(27-12(3)23)18(14-10-8-9-11-17(14)22(25)26)20(28-13(4)24)16(7-2)21(15)5/h8-11,18H,6-7H2,1-5H3. The number of hydrogen-bond donors (Lipinski definition) is 0. The zero-order chi connectivity index (χ0) is 21.0. The SMILES string of the molecule is CCC1=C(OC(C)=O)C(c2ccccc2[N+](=O)[O-])C(OC(C)=O)=C(CC)N1C. The van der Waals surface area contributed by atoms with Gasteiger partial charge in [-0.05, 0) is 12.8 Å². The molecule has 0 aromatic heterocycles. The largest absolute Gasteiger partial charge is 0.428 e. The van der Waals surface area contributed by atoms with Crippen molar-refractivity contribution < 1.29 is 24.0 Å². The number of allylic oxidation sites excluding steroid dienone is 2. The molecule has 0 radical (unpaired) electrons. The summed E-state index contributed by atoms with van der Waals surface area (Å²) in [7, 11) is 1.79. The molecule has 0 aliphatic carbocycles. The summed E-state index contributed by atoms with van der Waals surface area (Å²) in [5, 5.41) is 11.6. The molecule has 0 atom stereocenters. The summed E-state index contributed by atoms with van der Waals surface area (Å²) in [6.45, 7) is 6.33. The van der Waals surface area contributed by atoms with Crippen molar-refractivity contribution >= 4 is 17.6 Å². The molecule has 0 saturated carbocycles. The smallest absolute Gasteiger partial charge is 0.307 e. The molecule has 28 heavy (non-hydrogen) atoms. The first-order valence-corrected chi connectivity index (χ1v) is 9.02. The normalized spacial score (nSPS) is 15.0. The monoisotopic (exact) mass is 388 g/mol. The second-order valence-electron chi connectivity index (χ2n) is 6.32. The number of nitrogens with zero attached hydrogens (tertiary/aromatic N) is 2. The van der Waals surface area contributed by atoms with Crippen molar-refractivity contribution in [1.82, 2.24) is 4.90 Å². The van der Waals surface area contributed by atoms with Crippen LogP contribution in [0.25, 0.3) is 0 Å². The van der Waals surface area contributed by atoms with Gasteiger partial charge in [-0.15, -0.1) is 0 Å². The Morgan fingerprint density at radius 3 is 1.89 bits per heavy atom. The van der Waals surface area contributed by atoms with E-state index in [1.807, 2.05) is 18.7 Å². The molecule has 150 valence electrons. The molecule has 0 fully saturated rings. The minimum Gasteiger partial charge on any atom is -0.428 e. The molecule has 8 heteroatoms. The van der Waals surface area contributed by atoms with E-state index in [0.29, 0.717) is 29.8 Å². The quantitative estimate of drug-likeness (QED) is 0.413. The van der Waals surface area contributed by atoms with Gasteiger partial charge in [-0.3, -0.25) is 19.7 Å². The van der Waals surface area contributed by atoms with Gasteiger partial charge in [-0.2, -0.15) is 0 Å². The fourth-order valence-corrected chi connectivity index (χ4v) is 3.49. The molecule has 0 unspecified atom stereocenters. The van der Waals surface area contributed by atoms with Crippen molar-refractivity contribution in [1.29, 1.82) is 0 Å². The minimum absolute atomic E-state index is 0.141. The summed E-state index contributed by atoms with van der Waals surface area (Å²) in [5.74, 6) is -1.52. The molecule has 1 aliphatic heterocycles. The minimum atomic E-state index is -0.879. The highest BCUT2D eigenvalue weighted by atomic mass is 16.6. The van der Waals surface area contributed by atoms with Gasteiger partial charge < -0.3 is 14.4 Å². The summed E-state index contributed by atoms with van der Waals surface area (Å²) in [6.07, 6.45) is 1.04. The number of para-hydroxylation sites is 1. The molecule has 0 bridgehead atoms. The topological polar surface area (TPSA) is 99.0 Å². The predicted molar refractivity (Wildman–Crippen MR) is 102 cm³/mol. The summed E-state index contributed by atoms with van der Waals surface area (Å²) in [5.41, 5.74) is 1.56. The zero-order valence-electron chi connectivity index (χ0n) is 16.6. The van der Waals surface area contributed by atoms with Crippen LogP contribution in [0.5, 0.6) is 0 Å². The van der Waals surface area contributed by atoms with Gasteiger partial charge in [0.25, 0.3) is 5.69 Å². The first-order valence-electron chi connectivity index (χ1n) is 9.02. The van der Waals surface area contributed by atoms with E-state index in [-0.39, 0.29) is 17.2 Å². The van der Waals surface area contributed by atoms with Crippen LogP contribution < -0.4 is 0 Å². The van der Waals surface area contributed by atoms with Crippen LogP contribution in [0.4, 0.5) is 5.69 Å². The second-order valence-corrected chi connectivity index (χ2v) is 6.32. The van der Waals surface area contributed by atoms with Crippen molar-refractivity contribution in [2.45, 2.75) is 46.5 Å². The number of ether oxygens (including phenoxy) is 2. The molecular weight excluding hydrogens is 364 g/mol. The highest BCUT2D eigenvalue weighted by Gasteiger charge is 2.40. The Kier molecular flexibility index (Phi) is 6.56. The van der Waals surface area contributed by atoms with E-state index in [1.165, 1.54) is 19.9 Å². The van der Waals surface area contributed by atoms with Crippen LogP contribution in [0.1, 0.15) is 52.0 Å². The van der Waals surface area contributed by atoms with Crippen molar-refractivity contribution in [2.75, 3.05) is 7.05 Å². The molecule has 1 aromatic carbocycles. The van der Waals surface area contributed by atoms with E-state index in [0.717, 1.165) is 0 Å². The number of carbonyl (C=O) groups is 2. The summed E-state index contributed by atoms with van der Waals surface area (Å²) >= 11 is 0. The summed E-state index contributed by atoms with van der Waals surface area (Å²) < 4.78 is 11.0. The van der Waals surface area contributed by atoms with Gasteiger partial charge in [0.2, 0.25) is 0 Å². The molecule has 1 aliphatic rings. The molecule has 1 aromatic rings. The Morgan fingerprint density at radius 2 is 1.50 bits per heavy atom. The Hall–Kier alpha value is -3.16. The Labute approximate surface area is 163 Å². The number of rotatable bonds is 6. The van der Waals surface area contributed by atoms with Crippen LogP contribution in [0.3, 0.4) is 0 Å². The lowest BCUT2D eigenvalue weighted by molar-refractivity contribution is -0.385. The Balaban J connectivity index is 2.86. The maximum Gasteiger partial charge on any atom is 0.307 e. The lowest BCUT2D eigenvalue weighted by Crippen LogP contribution is -2.31. The van der Waals surface area contributed by atoms with Crippen LogP contribution in [-0.4, -0.2) is 28.8 Å². The predicted octanol–water partition coefficient (Wildman–Crippen LogP) is 3.99. The van der Waals surface area contributed by atoms with Crippen molar-refractivity contribution in [3.05, 3.63) is 62.9 Å². The van der Waals surface area contributed by atoms with Crippen molar-refractivity contribution in [3.8, 4) is 0 Å². The van der Waals surface area contributed by atoms with E-state index in [9.17, 15) is 19.7 Å². The van der Waals surface area contributed by atoms with Crippen LogP contribution >= 0.6 is 0 Å². The molecular formula is C20H24N2O6. The van der Waals surface area contributed by atoms with Gasteiger partial charge in [0.1, 0.15) is 17.4 Å². The number of nitro benzene ring substituents is 1. The van der Waals surface area contributed by atoms with Crippen LogP contribution in [-0.2, 0) is 19.1 Å². The number of hydrogen-bond acceptors (Lipinski definition) is 7. The van der Waals surface area contributed by atoms with Gasteiger partial charge in [-0.25, -0.2) is 0 Å². The van der Waals surface area contributed by atoms with E-state index < -0.39 is 22.8 Å². The fraction of sp³-hybridized carbons (Fsp3) is 0.400. The third kappa shape index (κ3) is 4.05. The van der Waals surface area contributed by atoms with E-state index >= 15 is 0 Å². The molecule has 0 spiro atoms.